The third-order valence-corrected chi connectivity index (χ3v) is 4.04. The molecule has 0 unspecified atom stereocenters. The fraction of sp³-hybridized carbons (Fsp3) is 0.438. The molecular weight excluding hydrogens is 318 g/mol. The molecule has 0 aliphatic heterocycles. The average molecular weight is 338 g/mol. The molecule has 0 fully saturated rings. The van der Waals surface area contributed by atoms with Crippen molar-refractivity contribution in [3.8, 4) is 0 Å². The van der Waals surface area contributed by atoms with Crippen LogP contribution in [0.15, 0.2) is 34.9 Å². The van der Waals surface area contributed by atoms with E-state index in [9.17, 15) is 4.79 Å². The number of hydrogen-bond donors (Lipinski definition) is 0. The Hall–Kier alpha value is -1.29. The highest BCUT2D eigenvalue weighted by molar-refractivity contribution is 9.10. The lowest BCUT2D eigenvalue weighted by Gasteiger charge is -2.06. The molecule has 3 nitrogen and oxygen atoms in total. The summed E-state index contributed by atoms with van der Waals surface area (Å²) in [5.41, 5.74) is 1.25. The summed E-state index contributed by atoms with van der Waals surface area (Å²) in [6.07, 6.45) is 5.69. The van der Waals surface area contributed by atoms with Crippen molar-refractivity contribution >= 4 is 32.8 Å². The van der Waals surface area contributed by atoms with E-state index < -0.39 is 0 Å². The highest BCUT2D eigenvalue weighted by Crippen LogP contribution is 2.25. The number of benzene rings is 1. The second kappa shape index (κ2) is 7.48. The average Bonchev–Trinajstić information content (AvgIpc) is 2.83. The maximum atomic E-state index is 11.2. The van der Waals surface area contributed by atoms with Crippen LogP contribution in [0.25, 0.3) is 10.9 Å². The molecule has 1 heterocycles. The maximum Gasteiger partial charge on any atom is 0.305 e. The van der Waals surface area contributed by atoms with E-state index in [-0.39, 0.29) is 5.97 Å². The first-order chi connectivity index (χ1) is 9.72. The molecule has 4 heteroatoms. The molecule has 0 N–H and O–H groups in total. The van der Waals surface area contributed by atoms with Crippen LogP contribution in [0.4, 0.5) is 0 Å². The molecule has 0 radical (unpaired) electrons. The number of nitrogens with zero attached hydrogens (tertiary/aromatic N) is 1. The molecule has 20 heavy (non-hydrogen) atoms. The predicted molar refractivity (Wildman–Crippen MR) is 84.7 cm³/mol. The normalized spacial score (nSPS) is 10.9. The minimum absolute atomic E-state index is 0.0807. The van der Waals surface area contributed by atoms with Crippen molar-refractivity contribution in [2.75, 3.05) is 6.61 Å². The molecule has 0 aliphatic rings. The molecule has 0 spiro atoms. The fourth-order valence-electron chi connectivity index (χ4n) is 2.34. The molecule has 1 aromatic carbocycles. The van der Waals surface area contributed by atoms with E-state index in [1.807, 2.05) is 6.92 Å². The van der Waals surface area contributed by atoms with Crippen LogP contribution in [-0.2, 0) is 16.1 Å². The van der Waals surface area contributed by atoms with Crippen LogP contribution in [0, 0.1) is 0 Å². The van der Waals surface area contributed by atoms with E-state index in [0.29, 0.717) is 13.0 Å². The van der Waals surface area contributed by atoms with Gasteiger partial charge in [0.05, 0.1) is 6.61 Å². The summed E-state index contributed by atoms with van der Waals surface area (Å²) in [4.78, 5) is 11.2. The molecular formula is C16H20BrNO2. The van der Waals surface area contributed by atoms with E-state index in [0.717, 1.165) is 30.3 Å². The van der Waals surface area contributed by atoms with Crippen LogP contribution < -0.4 is 0 Å². The van der Waals surface area contributed by atoms with Crippen molar-refractivity contribution in [3.63, 3.8) is 0 Å². The first-order valence-corrected chi connectivity index (χ1v) is 7.90. The largest absolute Gasteiger partial charge is 0.466 e. The van der Waals surface area contributed by atoms with Crippen molar-refractivity contribution in [2.45, 2.75) is 39.2 Å². The lowest BCUT2D eigenvalue weighted by atomic mass is 10.2. The molecule has 0 saturated heterocycles. The van der Waals surface area contributed by atoms with Crippen molar-refractivity contribution in [1.29, 1.82) is 0 Å². The zero-order chi connectivity index (χ0) is 14.4. The van der Waals surface area contributed by atoms with E-state index >= 15 is 0 Å². The molecule has 1 aromatic heterocycles. The lowest BCUT2D eigenvalue weighted by molar-refractivity contribution is -0.143. The van der Waals surface area contributed by atoms with Crippen molar-refractivity contribution in [2.24, 2.45) is 0 Å². The van der Waals surface area contributed by atoms with Gasteiger partial charge in [0.2, 0.25) is 0 Å². The number of carbonyl (C=O) groups is 1. The van der Waals surface area contributed by atoms with Gasteiger partial charge in [0.1, 0.15) is 0 Å². The van der Waals surface area contributed by atoms with Gasteiger partial charge in [-0.05, 0) is 38.0 Å². The predicted octanol–water partition coefficient (Wildman–Crippen LogP) is 4.53. The van der Waals surface area contributed by atoms with Crippen LogP contribution in [-0.4, -0.2) is 17.1 Å². The second-order valence-corrected chi connectivity index (χ2v) is 5.65. The Labute approximate surface area is 128 Å². The van der Waals surface area contributed by atoms with Crippen molar-refractivity contribution in [3.05, 3.63) is 34.9 Å². The topological polar surface area (TPSA) is 31.2 Å². The number of aromatic nitrogens is 1. The quantitative estimate of drug-likeness (QED) is 0.549. The molecule has 2 rings (SSSR count). The number of halogens is 1. The standard InChI is InChI=1S/C16H20BrNO2/c1-2-20-16(19)9-4-3-5-11-18-12-10-13-14(17)7-6-8-15(13)18/h6-8,10,12H,2-5,9,11H2,1H3. The second-order valence-electron chi connectivity index (χ2n) is 4.80. The number of fused-ring (bicyclic) bond motifs is 1. The third kappa shape index (κ3) is 3.85. The molecule has 0 atom stereocenters. The third-order valence-electron chi connectivity index (χ3n) is 3.35. The monoisotopic (exact) mass is 337 g/mol. The minimum atomic E-state index is -0.0807. The van der Waals surface area contributed by atoms with Gasteiger partial charge in [-0.1, -0.05) is 28.4 Å². The summed E-state index contributed by atoms with van der Waals surface area (Å²) >= 11 is 3.57. The van der Waals surface area contributed by atoms with Crippen LogP contribution in [0.3, 0.4) is 0 Å². The highest BCUT2D eigenvalue weighted by atomic mass is 79.9. The summed E-state index contributed by atoms with van der Waals surface area (Å²) in [6.45, 7) is 3.30. The van der Waals surface area contributed by atoms with Crippen LogP contribution in [0.1, 0.15) is 32.6 Å². The van der Waals surface area contributed by atoms with Gasteiger partial charge >= 0.3 is 5.97 Å². The summed E-state index contributed by atoms with van der Waals surface area (Å²) < 4.78 is 8.32. The number of rotatable bonds is 7. The molecule has 108 valence electrons. The van der Waals surface area contributed by atoms with Crippen LogP contribution in [0.5, 0.6) is 0 Å². The van der Waals surface area contributed by atoms with Crippen molar-refractivity contribution < 1.29 is 9.53 Å². The summed E-state index contributed by atoms with van der Waals surface area (Å²) in [5, 5.41) is 1.25. The molecule has 2 aromatic rings. The first kappa shape index (κ1) is 15.1. The fourth-order valence-corrected chi connectivity index (χ4v) is 2.83. The zero-order valence-corrected chi connectivity index (χ0v) is 13.4. The Bertz CT molecular complexity index is 577. The number of carbonyl (C=O) groups excluding carboxylic acids is 1. The van der Waals surface area contributed by atoms with E-state index in [2.05, 4.69) is 51.0 Å². The lowest BCUT2D eigenvalue weighted by Crippen LogP contribution is -2.03. The van der Waals surface area contributed by atoms with Gasteiger partial charge in [-0.25, -0.2) is 0 Å². The highest BCUT2D eigenvalue weighted by Gasteiger charge is 2.04. The summed E-state index contributed by atoms with van der Waals surface area (Å²) in [6, 6.07) is 8.40. The first-order valence-electron chi connectivity index (χ1n) is 7.11. The van der Waals surface area contributed by atoms with Gasteiger partial charge in [-0.3, -0.25) is 4.79 Å². The maximum absolute atomic E-state index is 11.2. The van der Waals surface area contributed by atoms with Gasteiger partial charge in [-0.15, -0.1) is 0 Å². The molecule has 0 saturated carbocycles. The Morgan fingerprint density at radius 2 is 2.10 bits per heavy atom. The molecule has 0 amide bonds. The Kier molecular flexibility index (Phi) is 5.65. The van der Waals surface area contributed by atoms with Crippen LogP contribution in [0.2, 0.25) is 0 Å². The van der Waals surface area contributed by atoms with Gasteiger partial charge in [0, 0.05) is 34.5 Å². The van der Waals surface area contributed by atoms with E-state index in [4.69, 9.17) is 4.74 Å². The molecule has 0 aliphatic carbocycles. The van der Waals surface area contributed by atoms with E-state index in [1.165, 1.54) is 10.9 Å². The number of esters is 1. The number of ether oxygens (including phenoxy) is 1. The van der Waals surface area contributed by atoms with Gasteiger partial charge in [-0.2, -0.15) is 0 Å². The summed E-state index contributed by atoms with van der Waals surface area (Å²) in [7, 11) is 0. The van der Waals surface area contributed by atoms with Crippen molar-refractivity contribution in [1.82, 2.24) is 4.57 Å². The Morgan fingerprint density at radius 1 is 1.25 bits per heavy atom. The minimum Gasteiger partial charge on any atom is -0.466 e. The van der Waals surface area contributed by atoms with Gasteiger partial charge in [0.25, 0.3) is 0 Å². The number of unbranched alkanes of at least 4 members (excludes halogenated alkanes) is 2. The van der Waals surface area contributed by atoms with E-state index in [1.54, 1.807) is 0 Å². The summed E-state index contributed by atoms with van der Waals surface area (Å²) in [5.74, 6) is -0.0807. The van der Waals surface area contributed by atoms with Gasteiger partial charge in [0.15, 0.2) is 0 Å². The Balaban J connectivity index is 1.79. The zero-order valence-electron chi connectivity index (χ0n) is 11.8. The molecule has 0 bridgehead atoms. The van der Waals surface area contributed by atoms with Gasteiger partial charge < -0.3 is 9.30 Å². The number of hydrogen-bond acceptors (Lipinski definition) is 2. The Morgan fingerprint density at radius 3 is 2.90 bits per heavy atom. The number of aryl methyl sites for hydroxylation is 1. The van der Waals surface area contributed by atoms with Crippen LogP contribution >= 0.6 is 15.9 Å². The smallest absolute Gasteiger partial charge is 0.305 e. The SMILES string of the molecule is CCOC(=O)CCCCCn1ccc2c(Br)cccc21.